The first-order chi connectivity index (χ1) is 4.75. The summed E-state index contributed by atoms with van der Waals surface area (Å²) in [7, 11) is 1.31. The van der Waals surface area contributed by atoms with Crippen molar-refractivity contribution in [1.82, 2.24) is 0 Å². The average molecular weight is 160 g/mol. The molecule has 0 aromatic rings. The van der Waals surface area contributed by atoms with Gasteiger partial charge in [0, 0.05) is 12.2 Å². The number of aliphatic hydroxyl groups is 1. The SMILES string of the molecule is COC(=O)C1=C(O)CCS1. The van der Waals surface area contributed by atoms with E-state index in [1.54, 1.807) is 0 Å². The Labute approximate surface area is 63.1 Å². The molecular weight excluding hydrogens is 152 g/mol. The third kappa shape index (κ3) is 1.26. The van der Waals surface area contributed by atoms with E-state index in [2.05, 4.69) is 4.74 Å². The number of carbonyl (C=O) groups is 1. The minimum Gasteiger partial charge on any atom is -0.511 e. The number of methoxy groups -OCH3 is 1. The van der Waals surface area contributed by atoms with Gasteiger partial charge >= 0.3 is 5.97 Å². The maximum absolute atomic E-state index is 10.8. The highest BCUT2D eigenvalue weighted by Crippen LogP contribution is 2.30. The highest BCUT2D eigenvalue weighted by molar-refractivity contribution is 8.04. The summed E-state index contributed by atoms with van der Waals surface area (Å²) in [6.45, 7) is 0. The summed E-state index contributed by atoms with van der Waals surface area (Å²) in [5.41, 5.74) is 0. The van der Waals surface area contributed by atoms with Crippen molar-refractivity contribution in [3.05, 3.63) is 10.7 Å². The van der Waals surface area contributed by atoms with E-state index in [1.807, 2.05) is 0 Å². The van der Waals surface area contributed by atoms with E-state index in [0.717, 1.165) is 5.75 Å². The van der Waals surface area contributed by atoms with Gasteiger partial charge in [0.15, 0.2) is 0 Å². The van der Waals surface area contributed by atoms with E-state index < -0.39 is 5.97 Å². The van der Waals surface area contributed by atoms with E-state index in [4.69, 9.17) is 5.11 Å². The Morgan fingerprint density at radius 1 is 1.80 bits per heavy atom. The minimum absolute atomic E-state index is 0.164. The van der Waals surface area contributed by atoms with Crippen molar-refractivity contribution < 1.29 is 14.6 Å². The Morgan fingerprint density at radius 3 is 2.90 bits per heavy atom. The zero-order chi connectivity index (χ0) is 7.56. The lowest BCUT2D eigenvalue weighted by Gasteiger charge is -1.97. The molecule has 56 valence electrons. The molecule has 0 atom stereocenters. The first-order valence-corrected chi connectivity index (χ1v) is 3.87. The summed E-state index contributed by atoms with van der Waals surface area (Å²) in [6, 6.07) is 0. The van der Waals surface area contributed by atoms with E-state index in [-0.39, 0.29) is 5.76 Å². The van der Waals surface area contributed by atoms with Crippen LogP contribution in [0.4, 0.5) is 0 Å². The predicted octanol–water partition coefficient (Wildman–Crippen LogP) is 1.07. The maximum atomic E-state index is 10.8. The first-order valence-electron chi connectivity index (χ1n) is 2.89. The third-order valence-corrected chi connectivity index (χ3v) is 2.32. The lowest BCUT2D eigenvalue weighted by molar-refractivity contribution is -0.135. The number of hydrogen-bond donors (Lipinski definition) is 1. The summed E-state index contributed by atoms with van der Waals surface area (Å²) in [4.78, 5) is 11.1. The number of carbonyl (C=O) groups excluding carboxylic acids is 1. The summed E-state index contributed by atoms with van der Waals surface area (Å²) in [6.07, 6.45) is 0.578. The predicted molar refractivity (Wildman–Crippen MR) is 38.7 cm³/mol. The second-order valence-electron chi connectivity index (χ2n) is 1.87. The first kappa shape index (κ1) is 7.47. The lowest BCUT2D eigenvalue weighted by Crippen LogP contribution is -2.01. The molecule has 0 saturated heterocycles. The van der Waals surface area contributed by atoms with Gasteiger partial charge in [0.05, 0.1) is 7.11 Å². The van der Waals surface area contributed by atoms with E-state index in [1.165, 1.54) is 18.9 Å². The Kier molecular flexibility index (Phi) is 2.21. The van der Waals surface area contributed by atoms with E-state index in [0.29, 0.717) is 11.3 Å². The second kappa shape index (κ2) is 2.96. The molecule has 1 rings (SSSR count). The van der Waals surface area contributed by atoms with Crippen molar-refractivity contribution in [1.29, 1.82) is 0 Å². The molecule has 0 unspecified atom stereocenters. The van der Waals surface area contributed by atoms with Crippen molar-refractivity contribution in [3.63, 3.8) is 0 Å². The van der Waals surface area contributed by atoms with E-state index in [9.17, 15) is 4.79 Å². The zero-order valence-electron chi connectivity index (χ0n) is 5.59. The molecule has 1 aliphatic rings. The molecular formula is C6H8O3S. The van der Waals surface area contributed by atoms with Crippen molar-refractivity contribution in [2.75, 3.05) is 12.9 Å². The molecule has 1 N–H and O–H groups in total. The molecule has 1 heterocycles. The fourth-order valence-electron chi connectivity index (χ4n) is 0.716. The Balaban J connectivity index is 2.71. The van der Waals surface area contributed by atoms with Gasteiger partial charge in [-0.15, -0.1) is 11.8 Å². The van der Waals surface area contributed by atoms with Gasteiger partial charge in [-0.2, -0.15) is 0 Å². The van der Waals surface area contributed by atoms with Crippen LogP contribution in [0, 0.1) is 0 Å². The van der Waals surface area contributed by atoms with Crippen LogP contribution in [0.5, 0.6) is 0 Å². The maximum Gasteiger partial charge on any atom is 0.347 e. The summed E-state index contributed by atoms with van der Waals surface area (Å²) < 4.78 is 4.43. The van der Waals surface area contributed by atoms with Crippen LogP contribution in [0.2, 0.25) is 0 Å². The monoisotopic (exact) mass is 160 g/mol. The molecule has 1 aliphatic heterocycles. The number of thioether (sulfide) groups is 1. The lowest BCUT2D eigenvalue weighted by atomic mass is 10.4. The van der Waals surface area contributed by atoms with Gasteiger partial charge in [-0.1, -0.05) is 0 Å². The summed E-state index contributed by atoms with van der Waals surface area (Å²) in [5, 5.41) is 9.05. The van der Waals surface area contributed by atoms with Gasteiger partial charge in [0.1, 0.15) is 10.7 Å². The summed E-state index contributed by atoms with van der Waals surface area (Å²) >= 11 is 1.34. The second-order valence-corrected chi connectivity index (χ2v) is 2.97. The van der Waals surface area contributed by atoms with Crippen molar-refractivity contribution in [3.8, 4) is 0 Å². The van der Waals surface area contributed by atoms with Crippen LogP contribution in [0.15, 0.2) is 10.7 Å². The number of rotatable bonds is 1. The summed E-state index contributed by atoms with van der Waals surface area (Å²) in [5.74, 6) is 0.507. The largest absolute Gasteiger partial charge is 0.511 e. The quantitative estimate of drug-likeness (QED) is 0.583. The van der Waals surface area contributed by atoms with Gasteiger partial charge in [0.2, 0.25) is 0 Å². The fourth-order valence-corrected chi connectivity index (χ4v) is 1.69. The van der Waals surface area contributed by atoms with Gasteiger partial charge in [-0.25, -0.2) is 4.79 Å². The molecule has 0 spiro atoms. The smallest absolute Gasteiger partial charge is 0.347 e. The highest BCUT2D eigenvalue weighted by atomic mass is 32.2. The molecule has 10 heavy (non-hydrogen) atoms. The molecule has 0 fully saturated rings. The normalized spacial score (nSPS) is 17.7. The van der Waals surface area contributed by atoms with Crippen LogP contribution < -0.4 is 0 Å². The number of allylic oxidation sites excluding steroid dienone is 1. The van der Waals surface area contributed by atoms with Crippen LogP contribution in [0.3, 0.4) is 0 Å². The highest BCUT2D eigenvalue weighted by Gasteiger charge is 2.21. The van der Waals surface area contributed by atoms with Crippen molar-refractivity contribution >= 4 is 17.7 Å². The molecule has 0 aliphatic carbocycles. The van der Waals surface area contributed by atoms with Crippen LogP contribution in [-0.2, 0) is 9.53 Å². The zero-order valence-corrected chi connectivity index (χ0v) is 6.40. The number of ether oxygens (including phenoxy) is 1. The van der Waals surface area contributed by atoms with Gasteiger partial charge in [-0.3, -0.25) is 0 Å². The van der Waals surface area contributed by atoms with Crippen LogP contribution in [-0.4, -0.2) is 23.9 Å². The molecule has 0 radical (unpaired) electrons. The number of hydrogen-bond acceptors (Lipinski definition) is 4. The molecule has 0 saturated carbocycles. The number of esters is 1. The van der Waals surface area contributed by atoms with Gasteiger partial charge in [-0.05, 0) is 0 Å². The van der Waals surface area contributed by atoms with Gasteiger partial charge < -0.3 is 9.84 Å². The average Bonchev–Trinajstić information content (AvgIpc) is 2.34. The molecule has 0 amide bonds. The van der Waals surface area contributed by atoms with Gasteiger partial charge in [0.25, 0.3) is 0 Å². The third-order valence-electron chi connectivity index (χ3n) is 1.22. The topological polar surface area (TPSA) is 46.5 Å². The van der Waals surface area contributed by atoms with E-state index >= 15 is 0 Å². The van der Waals surface area contributed by atoms with Crippen LogP contribution in [0.25, 0.3) is 0 Å². The van der Waals surface area contributed by atoms with Crippen LogP contribution >= 0.6 is 11.8 Å². The molecule has 4 heteroatoms. The van der Waals surface area contributed by atoms with Crippen LogP contribution in [0.1, 0.15) is 6.42 Å². The number of aliphatic hydroxyl groups excluding tert-OH is 1. The molecule has 0 aromatic heterocycles. The molecule has 3 nitrogen and oxygen atoms in total. The van der Waals surface area contributed by atoms with Crippen molar-refractivity contribution in [2.45, 2.75) is 6.42 Å². The Hall–Kier alpha value is -0.640. The molecule has 0 bridgehead atoms. The standard InChI is InChI=1S/C6H8O3S/c1-9-6(8)5-4(7)2-3-10-5/h7H,2-3H2,1H3. The Morgan fingerprint density at radius 2 is 2.50 bits per heavy atom. The fraction of sp³-hybridized carbons (Fsp3) is 0.500. The molecule has 0 aromatic carbocycles. The van der Waals surface area contributed by atoms with Crippen molar-refractivity contribution in [2.24, 2.45) is 0 Å². The minimum atomic E-state index is -0.431. The Bertz CT molecular complexity index is 185.